The molecule has 0 N–H and O–H groups in total. The van der Waals surface area contributed by atoms with Gasteiger partial charge in [-0.05, 0) is 41.5 Å². The van der Waals surface area contributed by atoms with Gasteiger partial charge in [0.05, 0.1) is 19.3 Å². The molecular weight excluding hydrogens is 275 g/mol. The van der Waals surface area contributed by atoms with E-state index >= 15 is 0 Å². The largest absolute Gasteiger partial charge is 0.334 e. The molecule has 0 rings (SSSR count). The molecule has 20 heavy (non-hydrogen) atoms. The summed E-state index contributed by atoms with van der Waals surface area (Å²) in [5.74, 6) is 0. The lowest BCUT2D eigenvalue weighted by Gasteiger charge is -2.38. The lowest BCUT2D eigenvalue weighted by Crippen LogP contribution is -2.45. The molecule has 0 radical (unpaired) electrons. The molecule has 0 amide bonds. The highest BCUT2D eigenvalue weighted by atomic mass is 31.2. The van der Waals surface area contributed by atoms with E-state index in [0.717, 1.165) is 0 Å². The summed E-state index contributed by atoms with van der Waals surface area (Å²) in [5.41, 5.74) is 0. The van der Waals surface area contributed by atoms with E-state index in [1.165, 1.54) is 0 Å². The van der Waals surface area contributed by atoms with Crippen LogP contribution in [0, 0.1) is 11.3 Å². The van der Waals surface area contributed by atoms with Gasteiger partial charge < -0.3 is 9.05 Å². The second-order valence-electron chi connectivity index (χ2n) is 4.95. The number of hydrogen-bond acceptors (Lipinski definition) is 5. The van der Waals surface area contributed by atoms with Crippen LogP contribution in [0.1, 0.15) is 54.4 Å². The molecule has 0 aromatic carbocycles. The van der Waals surface area contributed by atoms with E-state index in [-0.39, 0.29) is 6.23 Å². The summed E-state index contributed by atoms with van der Waals surface area (Å²) in [6, 6.07) is 2.85. The Kier molecular flexibility index (Phi) is 11.3. The summed E-state index contributed by atoms with van der Waals surface area (Å²) in [6.45, 7) is 13.5. The van der Waals surface area contributed by atoms with Crippen molar-refractivity contribution in [1.82, 2.24) is 4.90 Å². The average Bonchev–Trinajstić information content (AvgIpc) is 2.35. The van der Waals surface area contributed by atoms with Gasteiger partial charge in [0.15, 0.2) is 0 Å². The fourth-order valence-corrected chi connectivity index (χ4v) is 3.14. The van der Waals surface area contributed by atoms with Gasteiger partial charge in [0.25, 0.3) is 0 Å². The first kappa shape index (κ1) is 19.8. The van der Waals surface area contributed by atoms with Gasteiger partial charge in [0, 0.05) is 24.9 Å². The number of rotatable bonds is 11. The third-order valence-electron chi connectivity index (χ3n) is 2.70. The van der Waals surface area contributed by atoms with E-state index < -0.39 is 8.60 Å². The first-order valence-corrected chi connectivity index (χ1v) is 8.44. The maximum absolute atomic E-state index is 8.83. The average molecular weight is 304 g/mol. The molecule has 118 valence electrons. The lowest BCUT2D eigenvalue weighted by molar-refractivity contribution is -0.0354. The molecule has 0 aliphatic carbocycles. The van der Waals surface area contributed by atoms with Crippen LogP contribution in [0.5, 0.6) is 0 Å². The molecule has 5 nitrogen and oxygen atoms in total. The zero-order valence-corrected chi connectivity index (χ0v) is 14.5. The van der Waals surface area contributed by atoms with Gasteiger partial charge in [-0.1, -0.05) is 0 Å². The highest BCUT2D eigenvalue weighted by Crippen LogP contribution is 2.42. The van der Waals surface area contributed by atoms with E-state index in [1.54, 1.807) is 0 Å². The third-order valence-corrected chi connectivity index (χ3v) is 4.06. The lowest BCUT2D eigenvalue weighted by atomic mass is 10.2. The number of nitrogens with zero attached hydrogens (tertiary/aromatic N) is 2. The van der Waals surface area contributed by atoms with Gasteiger partial charge >= 0.3 is 8.60 Å². The maximum atomic E-state index is 8.83. The van der Waals surface area contributed by atoms with Crippen molar-refractivity contribution in [2.45, 2.75) is 72.7 Å². The van der Waals surface area contributed by atoms with Gasteiger partial charge in [-0.15, -0.1) is 0 Å². The van der Waals surface area contributed by atoms with Gasteiger partial charge in [-0.2, -0.15) is 5.26 Å². The van der Waals surface area contributed by atoms with Crippen LogP contribution in [-0.2, 0) is 13.6 Å². The van der Waals surface area contributed by atoms with Crippen molar-refractivity contribution in [3.63, 3.8) is 0 Å². The highest BCUT2D eigenvalue weighted by molar-refractivity contribution is 7.41. The molecule has 0 aromatic heterocycles. The van der Waals surface area contributed by atoms with Crippen LogP contribution in [0.4, 0.5) is 0 Å². The summed E-state index contributed by atoms with van der Waals surface area (Å²) < 4.78 is 17.0. The van der Waals surface area contributed by atoms with Crippen LogP contribution in [0.3, 0.4) is 0 Å². The van der Waals surface area contributed by atoms with E-state index in [9.17, 15) is 0 Å². The van der Waals surface area contributed by atoms with Crippen LogP contribution in [0.25, 0.3) is 0 Å². The van der Waals surface area contributed by atoms with Gasteiger partial charge in [-0.3, -0.25) is 9.42 Å². The summed E-state index contributed by atoms with van der Waals surface area (Å²) >= 11 is 0. The summed E-state index contributed by atoms with van der Waals surface area (Å²) in [7, 11) is -1.35. The summed E-state index contributed by atoms with van der Waals surface area (Å²) in [4.78, 5) is 2.25. The van der Waals surface area contributed by atoms with Crippen molar-refractivity contribution in [3.8, 4) is 6.07 Å². The monoisotopic (exact) mass is 304 g/mol. The Morgan fingerprint density at radius 3 is 1.90 bits per heavy atom. The molecule has 1 atom stereocenters. The van der Waals surface area contributed by atoms with Crippen molar-refractivity contribution < 1.29 is 13.6 Å². The molecule has 0 saturated heterocycles. The fourth-order valence-electron chi connectivity index (χ4n) is 2.11. The van der Waals surface area contributed by atoms with Crippen LogP contribution in [0.15, 0.2) is 0 Å². The first-order valence-electron chi connectivity index (χ1n) is 7.34. The topological polar surface area (TPSA) is 54.7 Å². The standard InChI is InChI=1S/C14H29N2O3P/c1-7-17-20(18-8-2)19-14(10-9-11-15)16(12(3)4)13(5)6/h12-14H,7-10H2,1-6H3. The number of nitriles is 1. The van der Waals surface area contributed by atoms with Crippen LogP contribution < -0.4 is 0 Å². The smallest absolute Gasteiger partial charge is 0.313 e. The van der Waals surface area contributed by atoms with Crippen molar-refractivity contribution in [1.29, 1.82) is 5.26 Å². The minimum Gasteiger partial charge on any atom is -0.313 e. The van der Waals surface area contributed by atoms with Crippen molar-refractivity contribution in [2.75, 3.05) is 13.2 Å². The minimum atomic E-state index is -1.35. The molecule has 0 heterocycles. The molecule has 0 aliphatic heterocycles. The zero-order chi connectivity index (χ0) is 15.5. The van der Waals surface area contributed by atoms with Gasteiger partial charge in [0.1, 0.15) is 6.23 Å². The van der Waals surface area contributed by atoms with E-state index in [4.69, 9.17) is 18.8 Å². The Labute approximate surface area is 125 Å². The second-order valence-corrected chi connectivity index (χ2v) is 6.13. The van der Waals surface area contributed by atoms with Gasteiger partial charge in [0.2, 0.25) is 0 Å². The quantitative estimate of drug-likeness (QED) is 0.426. The molecule has 0 aromatic rings. The highest BCUT2D eigenvalue weighted by Gasteiger charge is 2.28. The predicted molar refractivity (Wildman–Crippen MR) is 82.0 cm³/mol. The van der Waals surface area contributed by atoms with Crippen LogP contribution in [0.2, 0.25) is 0 Å². The second kappa shape index (κ2) is 11.4. The minimum absolute atomic E-state index is 0.154. The summed E-state index contributed by atoms with van der Waals surface area (Å²) in [5, 5.41) is 8.83. The van der Waals surface area contributed by atoms with E-state index in [1.807, 2.05) is 13.8 Å². The molecule has 0 spiro atoms. The molecular formula is C14H29N2O3P. The van der Waals surface area contributed by atoms with Crippen molar-refractivity contribution in [2.24, 2.45) is 0 Å². The normalized spacial score (nSPS) is 13.4. The molecule has 0 saturated carbocycles. The molecule has 6 heteroatoms. The van der Waals surface area contributed by atoms with Crippen LogP contribution in [-0.4, -0.2) is 36.4 Å². The van der Waals surface area contributed by atoms with Gasteiger partial charge in [-0.25, -0.2) is 0 Å². The Hall–Kier alpha value is -0.240. The predicted octanol–water partition coefficient (Wildman–Crippen LogP) is 4.05. The third kappa shape index (κ3) is 7.52. The Morgan fingerprint density at radius 2 is 1.55 bits per heavy atom. The Morgan fingerprint density at radius 1 is 1.05 bits per heavy atom. The molecule has 1 unspecified atom stereocenters. The first-order chi connectivity index (χ1) is 9.47. The molecule has 0 fully saturated rings. The SMILES string of the molecule is CCOP(OCC)OC(CCC#N)N(C(C)C)C(C)C. The Bertz CT molecular complexity index is 268. The van der Waals surface area contributed by atoms with E-state index in [0.29, 0.717) is 38.1 Å². The van der Waals surface area contributed by atoms with E-state index in [2.05, 4.69) is 38.7 Å². The fraction of sp³-hybridized carbons (Fsp3) is 0.929. The van der Waals surface area contributed by atoms with Crippen LogP contribution >= 0.6 is 8.60 Å². The maximum Gasteiger partial charge on any atom is 0.334 e. The van der Waals surface area contributed by atoms with Crippen molar-refractivity contribution in [3.05, 3.63) is 0 Å². The number of hydrogen-bond donors (Lipinski definition) is 0. The molecule has 0 bridgehead atoms. The molecule has 0 aliphatic rings. The summed E-state index contributed by atoms with van der Waals surface area (Å²) in [6.07, 6.45) is 0.965. The van der Waals surface area contributed by atoms with Crippen molar-refractivity contribution >= 4 is 8.60 Å². The Balaban J connectivity index is 4.86. The zero-order valence-electron chi connectivity index (χ0n) is 13.6.